The van der Waals surface area contributed by atoms with Gasteiger partial charge in [-0.05, 0) is 13.0 Å². The Bertz CT molecular complexity index is 591. The zero-order valence-electron chi connectivity index (χ0n) is 15.3. The number of imide groups is 1. The third-order valence-electron chi connectivity index (χ3n) is 4.98. The molecule has 3 rings (SSSR count). The maximum Gasteiger partial charge on any atom is 0.328 e. The highest BCUT2D eigenvalue weighted by Gasteiger charge is 2.48. The van der Waals surface area contributed by atoms with Crippen molar-refractivity contribution in [3.63, 3.8) is 0 Å². The lowest BCUT2D eigenvalue weighted by Crippen LogP contribution is -2.64. The molecule has 10 heteroatoms. The van der Waals surface area contributed by atoms with Crippen molar-refractivity contribution in [1.82, 2.24) is 24.9 Å². The molecule has 0 radical (unpaired) electrons. The van der Waals surface area contributed by atoms with E-state index in [0.717, 1.165) is 44.2 Å². The van der Waals surface area contributed by atoms with Gasteiger partial charge >= 0.3 is 6.03 Å². The number of ether oxygens (including phenoxy) is 1. The van der Waals surface area contributed by atoms with Gasteiger partial charge in [-0.25, -0.2) is 9.79 Å². The highest BCUT2D eigenvalue weighted by atomic mass is 16.5. The molecule has 10 nitrogen and oxygen atoms in total. The molecule has 0 aliphatic carbocycles. The van der Waals surface area contributed by atoms with Crippen molar-refractivity contribution in [2.75, 3.05) is 60.0 Å². The summed E-state index contributed by atoms with van der Waals surface area (Å²) in [6, 6.07) is -1.02. The molecule has 3 aliphatic rings. The number of fused-ring (bicyclic) bond motifs is 1. The number of aliphatic imine (C=N–C) groups is 1. The van der Waals surface area contributed by atoms with Crippen LogP contribution in [0.4, 0.5) is 4.79 Å². The van der Waals surface area contributed by atoms with E-state index in [0.29, 0.717) is 6.54 Å². The summed E-state index contributed by atoms with van der Waals surface area (Å²) in [7, 11) is 3.05. The van der Waals surface area contributed by atoms with Gasteiger partial charge in [0.2, 0.25) is 5.91 Å². The molecule has 0 spiro atoms. The summed E-state index contributed by atoms with van der Waals surface area (Å²) >= 11 is 0. The first-order valence-corrected chi connectivity index (χ1v) is 8.89. The predicted octanol–water partition coefficient (Wildman–Crippen LogP) is -1.61. The molecule has 2 unspecified atom stereocenters. The number of nitrogens with zero attached hydrogens (tertiary/aromatic N) is 5. The first-order chi connectivity index (χ1) is 12.5. The van der Waals surface area contributed by atoms with Crippen LogP contribution >= 0.6 is 0 Å². The third kappa shape index (κ3) is 3.80. The molecule has 2 fully saturated rings. The van der Waals surface area contributed by atoms with Crippen LogP contribution in [0, 0.1) is 0 Å². The first-order valence-electron chi connectivity index (χ1n) is 8.89. The highest BCUT2D eigenvalue weighted by molar-refractivity contribution is 6.02. The van der Waals surface area contributed by atoms with Crippen molar-refractivity contribution in [1.29, 1.82) is 0 Å². The number of carbonyl (C=O) groups is 3. The second-order valence-electron chi connectivity index (χ2n) is 6.74. The number of likely N-dealkylation sites (N-methyl/N-ethyl adjacent to an activating group) is 2. The van der Waals surface area contributed by atoms with Crippen LogP contribution < -0.4 is 5.32 Å². The Morgan fingerprint density at radius 2 is 2.04 bits per heavy atom. The van der Waals surface area contributed by atoms with Gasteiger partial charge in [-0.3, -0.25) is 19.4 Å². The SMILES string of the molecule is CN1C(=O)C2C(N=CN2CC(=O)NCCCN2CCOCC2)N(C)C1=O. The number of nitrogens with one attached hydrogen (secondary N) is 1. The molecule has 0 bridgehead atoms. The van der Waals surface area contributed by atoms with Crippen molar-refractivity contribution in [2.45, 2.75) is 18.6 Å². The zero-order valence-corrected chi connectivity index (χ0v) is 15.3. The minimum Gasteiger partial charge on any atom is -0.379 e. The molecule has 3 heterocycles. The van der Waals surface area contributed by atoms with E-state index < -0.39 is 12.2 Å². The fourth-order valence-electron chi connectivity index (χ4n) is 3.42. The van der Waals surface area contributed by atoms with Crippen molar-refractivity contribution in [3.8, 4) is 0 Å². The van der Waals surface area contributed by atoms with Crippen molar-refractivity contribution < 1.29 is 19.1 Å². The fourth-order valence-corrected chi connectivity index (χ4v) is 3.42. The van der Waals surface area contributed by atoms with Crippen molar-refractivity contribution >= 4 is 24.2 Å². The van der Waals surface area contributed by atoms with Gasteiger partial charge in [-0.15, -0.1) is 0 Å². The smallest absolute Gasteiger partial charge is 0.328 e. The normalized spacial score (nSPS) is 26.5. The van der Waals surface area contributed by atoms with E-state index in [-0.39, 0.29) is 24.4 Å². The van der Waals surface area contributed by atoms with Crippen LogP contribution in [0.1, 0.15) is 6.42 Å². The van der Waals surface area contributed by atoms with Gasteiger partial charge < -0.3 is 19.9 Å². The van der Waals surface area contributed by atoms with Crippen LogP contribution in [-0.4, -0.2) is 116 Å². The lowest BCUT2D eigenvalue weighted by molar-refractivity contribution is -0.136. The Kier molecular flexibility index (Phi) is 5.72. The summed E-state index contributed by atoms with van der Waals surface area (Å²) in [6.45, 7) is 4.96. The van der Waals surface area contributed by atoms with Gasteiger partial charge in [-0.2, -0.15) is 0 Å². The topological polar surface area (TPSA) is 97.8 Å². The van der Waals surface area contributed by atoms with Gasteiger partial charge in [0.05, 0.1) is 26.1 Å². The monoisotopic (exact) mass is 366 g/mol. The van der Waals surface area contributed by atoms with Crippen LogP contribution in [0.15, 0.2) is 4.99 Å². The highest BCUT2D eigenvalue weighted by Crippen LogP contribution is 2.24. The molecule has 144 valence electrons. The molecule has 0 aromatic heterocycles. The number of hydrogen-bond acceptors (Lipinski definition) is 7. The molecule has 0 saturated carbocycles. The maximum atomic E-state index is 12.4. The molecular formula is C16H26N6O4. The van der Waals surface area contributed by atoms with E-state index in [1.807, 2.05) is 0 Å². The lowest BCUT2D eigenvalue weighted by atomic mass is 10.1. The number of urea groups is 1. The van der Waals surface area contributed by atoms with Gasteiger partial charge in [0, 0.05) is 33.7 Å². The summed E-state index contributed by atoms with van der Waals surface area (Å²) in [5.74, 6) is -0.496. The Morgan fingerprint density at radius 3 is 2.77 bits per heavy atom. The average Bonchev–Trinajstić information content (AvgIpc) is 3.06. The van der Waals surface area contributed by atoms with E-state index >= 15 is 0 Å². The number of amides is 4. The van der Waals surface area contributed by atoms with E-state index in [4.69, 9.17) is 4.74 Å². The summed E-state index contributed by atoms with van der Waals surface area (Å²) < 4.78 is 5.31. The number of rotatable bonds is 6. The van der Waals surface area contributed by atoms with Gasteiger partial charge in [0.15, 0.2) is 12.2 Å². The van der Waals surface area contributed by atoms with Crippen LogP contribution in [0.2, 0.25) is 0 Å². The Morgan fingerprint density at radius 1 is 1.31 bits per heavy atom. The Labute approximate surface area is 152 Å². The average molecular weight is 366 g/mol. The van der Waals surface area contributed by atoms with E-state index in [1.165, 1.54) is 18.3 Å². The molecule has 2 atom stereocenters. The molecule has 0 aromatic rings. The maximum absolute atomic E-state index is 12.4. The zero-order chi connectivity index (χ0) is 18.7. The van der Waals surface area contributed by atoms with E-state index in [9.17, 15) is 14.4 Å². The van der Waals surface area contributed by atoms with E-state index in [2.05, 4.69) is 15.2 Å². The van der Waals surface area contributed by atoms with Crippen molar-refractivity contribution in [2.24, 2.45) is 4.99 Å². The molecule has 0 aromatic carbocycles. The molecule has 1 N–H and O–H groups in total. The second-order valence-corrected chi connectivity index (χ2v) is 6.74. The minimum atomic E-state index is -0.637. The van der Waals surface area contributed by atoms with Crippen LogP contribution in [0.5, 0.6) is 0 Å². The number of carbonyl (C=O) groups excluding carboxylic acids is 3. The number of hydrogen-bond donors (Lipinski definition) is 1. The lowest BCUT2D eigenvalue weighted by Gasteiger charge is -2.39. The van der Waals surface area contributed by atoms with E-state index in [1.54, 1.807) is 11.9 Å². The first kappa shape index (κ1) is 18.6. The van der Waals surface area contributed by atoms with Crippen molar-refractivity contribution in [3.05, 3.63) is 0 Å². The van der Waals surface area contributed by atoms with Gasteiger partial charge in [-0.1, -0.05) is 0 Å². The van der Waals surface area contributed by atoms with Crippen LogP contribution in [0.25, 0.3) is 0 Å². The predicted molar refractivity (Wildman–Crippen MR) is 93.6 cm³/mol. The summed E-state index contributed by atoms with van der Waals surface area (Å²) in [4.78, 5) is 47.2. The Balaban J connectivity index is 1.43. The standard InChI is InChI=1S/C16H26N6O4/c1-19-14-13(15(24)20(2)16(19)25)22(11-18-14)10-12(23)17-4-3-5-21-6-8-26-9-7-21/h11,13-14H,3-10H2,1-2H3,(H,17,23). The summed E-state index contributed by atoms with van der Waals surface area (Å²) in [5.41, 5.74) is 0. The van der Waals surface area contributed by atoms with Gasteiger partial charge in [0.25, 0.3) is 5.91 Å². The molecular weight excluding hydrogens is 340 g/mol. The molecule has 2 saturated heterocycles. The van der Waals surface area contributed by atoms with Crippen LogP contribution in [-0.2, 0) is 14.3 Å². The fraction of sp³-hybridized carbons (Fsp3) is 0.750. The molecule has 3 aliphatic heterocycles. The summed E-state index contributed by atoms with van der Waals surface area (Å²) in [5, 5.41) is 2.89. The number of morpholine rings is 1. The summed E-state index contributed by atoms with van der Waals surface area (Å²) in [6.07, 6.45) is 1.79. The second kappa shape index (κ2) is 8.00. The quantitative estimate of drug-likeness (QED) is 0.568. The van der Waals surface area contributed by atoms with Crippen LogP contribution in [0.3, 0.4) is 0 Å². The molecule has 4 amide bonds. The minimum absolute atomic E-state index is 0.0455. The van der Waals surface area contributed by atoms with Gasteiger partial charge in [0.1, 0.15) is 0 Å². The molecule has 26 heavy (non-hydrogen) atoms. The Hall–Kier alpha value is -2.20. The largest absolute Gasteiger partial charge is 0.379 e. The third-order valence-corrected chi connectivity index (χ3v) is 4.98.